The fourth-order valence-electron chi connectivity index (χ4n) is 4.72. The van der Waals surface area contributed by atoms with Gasteiger partial charge in [-0.2, -0.15) is 0 Å². The molecule has 2 aromatic rings. The van der Waals surface area contributed by atoms with Gasteiger partial charge >= 0.3 is 0 Å². The molecule has 0 atom stereocenters. The Morgan fingerprint density at radius 2 is 1.49 bits per heavy atom. The average Bonchev–Trinajstić information content (AvgIpc) is 3.09. The van der Waals surface area contributed by atoms with E-state index < -0.39 is 20.0 Å². The summed E-state index contributed by atoms with van der Waals surface area (Å²) < 4.78 is 59.2. The molecule has 0 bridgehead atoms. The highest BCUT2D eigenvalue weighted by Crippen LogP contribution is 2.40. The average molecular weight is 641 g/mol. The highest BCUT2D eigenvalue weighted by atomic mass is 33.1. The van der Waals surface area contributed by atoms with E-state index in [1.54, 1.807) is 24.3 Å². The van der Waals surface area contributed by atoms with Gasteiger partial charge in [-0.1, -0.05) is 47.6 Å². The number of hydrogen-bond donors (Lipinski definition) is 3. The van der Waals surface area contributed by atoms with Gasteiger partial charge in [0.15, 0.2) is 5.71 Å². The Bertz CT molecular complexity index is 1560. The summed E-state index contributed by atoms with van der Waals surface area (Å²) in [4.78, 5) is 0.494. The van der Waals surface area contributed by atoms with Crippen LogP contribution in [0.1, 0.15) is 52.7 Å². The van der Waals surface area contributed by atoms with Gasteiger partial charge in [-0.05, 0) is 45.0 Å². The van der Waals surface area contributed by atoms with Gasteiger partial charge in [0.1, 0.15) is 12.7 Å². The summed E-state index contributed by atoms with van der Waals surface area (Å²) in [5.74, 6) is 1.10. The van der Waals surface area contributed by atoms with Crippen molar-refractivity contribution in [3.05, 3.63) is 59.7 Å². The van der Waals surface area contributed by atoms with Gasteiger partial charge in [-0.15, -0.1) is 0 Å². The lowest BCUT2D eigenvalue weighted by Crippen LogP contribution is -2.73. The molecule has 226 valence electrons. The topological polar surface area (TPSA) is 112 Å². The van der Waals surface area contributed by atoms with Crippen molar-refractivity contribution < 1.29 is 26.7 Å². The maximum absolute atomic E-state index is 13.0. The zero-order chi connectivity index (χ0) is 30.8. The number of nitrogens with one attached hydrogen (secondary N) is 2. The summed E-state index contributed by atoms with van der Waals surface area (Å²) in [6.07, 6.45) is 0. The standard InChI is InChI=1S/C29H43N4O4S4/c1-20(2)28(4,5)24-18-22(10-12-26(24)30-8)40(34,35)31-14-16-38-39-17-15-32-41(36,37)23-11-13-27-25(19-23)29(6,7)21(3)33(27)9/h10-13,18-19,30-32H,1,14-17H2,2-9H3/q+1/p+1. The molecule has 1 aliphatic rings. The van der Waals surface area contributed by atoms with Crippen LogP contribution in [0.3, 0.4) is 0 Å². The van der Waals surface area contributed by atoms with Gasteiger partial charge < -0.3 is 5.32 Å². The van der Waals surface area contributed by atoms with Gasteiger partial charge in [-0.3, -0.25) is 0 Å². The number of hydrogen-bond acceptors (Lipinski definition) is 6. The van der Waals surface area contributed by atoms with Crippen LogP contribution in [-0.2, 0) is 30.9 Å². The van der Waals surface area contributed by atoms with Crippen LogP contribution in [0.2, 0.25) is 0 Å². The Morgan fingerprint density at radius 1 is 0.976 bits per heavy atom. The Labute approximate surface area is 254 Å². The van der Waals surface area contributed by atoms with Crippen molar-refractivity contribution >= 4 is 58.7 Å². The van der Waals surface area contributed by atoms with Crippen LogP contribution in [0.25, 0.3) is 0 Å². The van der Waals surface area contributed by atoms with Gasteiger partial charge in [0.2, 0.25) is 25.7 Å². The molecule has 4 N–H and O–H groups in total. The summed E-state index contributed by atoms with van der Waals surface area (Å²) in [5, 5.41) is 1.97. The van der Waals surface area contributed by atoms with Crippen molar-refractivity contribution in [1.82, 2.24) is 9.44 Å². The molecule has 0 unspecified atom stereocenters. The first kappa shape index (κ1) is 33.8. The van der Waals surface area contributed by atoms with Crippen molar-refractivity contribution in [2.24, 2.45) is 0 Å². The smallest absolute Gasteiger partial charge is 0.240 e. The fourth-order valence-corrected chi connectivity index (χ4v) is 8.90. The van der Waals surface area contributed by atoms with Crippen molar-refractivity contribution in [2.75, 3.05) is 38.7 Å². The van der Waals surface area contributed by atoms with Crippen molar-refractivity contribution in [3.8, 4) is 0 Å². The van der Waals surface area contributed by atoms with Crippen LogP contribution in [0.4, 0.5) is 11.4 Å². The molecule has 0 fully saturated rings. The van der Waals surface area contributed by atoms with E-state index in [9.17, 15) is 16.8 Å². The van der Waals surface area contributed by atoms with Gasteiger partial charge in [0, 0.05) is 60.2 Å². The molecule has 0 aromatic heterocycles. The second-order valence-electron chi connectivity index (χ2n) is 11.3. The highest BCUT2D eigenvalue weighted by molar-refractivity contribution is 8.76. The van der Waals surface area contributed by atoms with Crippen LogP contribution in [0, 0.1) is 0 Å². The molecule has 2 aromatic carbocycles. The molecule has 1 aliphatic heterocycles. The lowest BCUT2D eigenvalue weighted by Gasteiger charge is -2.27. The summed E-state index contributed by atoms with van der Waals surface area (Å²) in [5.41, 5.74) is 5.47. The molecule has 0 radical (unpaired) electrons. The predicted octanol–water partition coefficient (Wildman–Crippen LogP) is 4.03. The molecule has 0 spiro atoms. The van der Waals surface area contributed by atoms with E-state index in [2.05, 4.69) is 41.4 Å². The Balaban J connectivity index is 1.47. The fraction of sp³-hybridized carbons (Fsp3) is 0.483. The van der Waals surface area contributed by atoms with Crippen molar-refractivity contribution in [1.29, 1.82) is 0 Å². The molecule has 12 heteroatoms. The summed E-state index contributed by atoms with van der Waals surface area (Å²) in [6, 6.07) is 10.5. The number of nitrogens with two attached hydrogens (primary N) is 1. The van der Waals surface area contributed by atoms with E-state index >= 15 is 0 Å². The second-order valence-corrected chi connectivity index (χ2v) is 17.6. The summed E-state index contributed by atoms with van der Waals surface area (Å²) in [6.45, 7) is 16.9. The summed E-state index contributed by atoms with van der Waals surface area (Å²) in [7, 11) is -0.376. The zero-order valence-corrected chi connectivity index (χ0v) is 28.6. The third-order valence-corrected chi connectivity index (χ3v) is 13.5. The largest absolute Gasteiger partial charge is 0.316 e. The molecule has 0 saturated carbocycles. The highest BCUT2D eigenvalue weighted by Gasteiger charge is 2.42. The SMILES string of the molecule is C=C(C)C(C)(C)c1cc(S(=O)(=O)NCCSSCCNS(=O)(=O)c2ccc3c(c2)C(C)(C)C(C)=[N+]3C)ccc1[NH2+]C. The normalized spacial score (nSPS) is 15.3. The van der Waals surface area contributed by atoms with Crippen LogP contribution >= 0.6 is 21.6 Å². The molecule has 8 nitrogen and oxygen atoms in total. The first-order valence-electron chi connectivity index (χ1n) is 13.5. The number of rotatable bonds is 14. The molecule has 41 heavy (non-hydrogen) atoms. The van der Waals surface area contributed by atoms with Crippen LogP contribution in [0.5, 0.6) is 0 Å². The minimum atomic E-state index is -3.67. The maximum Gasteiger partial charge on any atom is 0.240 e. The Hall–Kier alpha value is -1.67. The number of sulfonamides is 2. The zero-order valence-electron chi connectivity index (χ0n) is 25.3. The van der Waals surface area contributed by atoms with E-state index in [1.807, 2.05) is 52.3 Å². The minimum absolute atomic E-state index is 0.231. The second kappa shape index (κ2) is 12.9. The number of nitrogens with zero attached hydrogens (tertiary/aromatic N) is 1. The summed E-state index contributed by atoms with van der Waals surface area (Å²) >= 11 is 0. The lowest BCUT2D eigenvalue weighted by atomic mass is 9.78. The van der Waals surface area contributed by atoms with E-state index in [-0.39, 0.29) is 33.7 Å². The van der Waals surface area contributed by atoms with Gasteiger partial charge in [0.05, 0.1) is 22.3 Å². The van der Waals surface area contributed by atoms with Gasteiger partial charge in [0.25, 0.3) is 0 Å². The van der Waals surface area contributed by atoms with E-state index in [1.165, 1.54) is 27.3 Å². The van der Waals surface area contributed by atoms with Crippen molar-refractivity contribution in [2.45, 2.75) is 62.2 Å². The van der Waals surface area contributed by atoms with Gasteiger partial charge in [-0.25, -0.2) is 30.9 Å². The third kappa shape index (κ3) is 7.29. The quantitative estimate of drug-likeness (QED) is 0.0946. The molecule has 3 rings (SSSR count). The van der Waals surface area contributed by atoms with Crippen molar-refractivity contribution in [3.63, 3.8) is 0 Å². The molecule has 0 aliphatic carbocycles. The first-order chi connectivity index (χ1) is 19.0. The monoisotopic (exact) mass is 640 g/mol. The lowest BCUT2D eigenvalue weighted by molar-refractivity contribution is -0.540. The molecular weight excluding hydrogens is 597 g/mol. The first-order valence-corrected chi connectivity index (χ1v) is 19.0. The molecule has 0 saturated heterocycles. The number of fused-ring (bicyclic) bond motifs is 1. The van der Waals surface area contributed by atoms with E-state index in [4.69, 9.17) is 0 Å². The van der Waals surface area contributed by atoms with E-state index in [0.29, 0.717) is 11.5 Å². The number of quaternary nitrogens is 1. The number of allylic oxidation sites excluding steroid dienone is 1. The predicted molar refractivity (Wildman–Crippen MR) is 173 cm³/mol. The Kier molecular flexibility index (Phi) is 10.6. The van der Waals surface area contributed by atoms with Crippen LogP contribution < -0.4 is 14.8 Å². The van der Waals surface area contributed by atoms with Crippen LogP contribution in [0.15, 0.2) is 58.3 Å². The minimum Gasteiger partial charge on any atom is -0.316 e. The van der Waals surface area contributed by atoms with Crippen LogP contribution in [-0.4, -0.2) is 65.8 Å². The molecule has 1 heterocycles. The molecule has 0 amide bonds. The van der Waals surface area contributed by atoms with E-state index in [0.717, 1.165) is 28.1 Å². The molecular formula is C29H44N4O4S4+2. The number of benzene rings is 2. The maximum atomic E-state index is 13.0. The third-order valence-electron chi connectivity index (χ3n) is 8.15. The Morgan fingerprint density at radius 3 is 2.00 bits per heavy atom.